The van der Waals surface area contributed by atoms with Gasteiger partial charge in [-0.05, 0) is 12.1 Å². The molecule has 7 heteroatoms. The van der Waals surface area contributed by atoms with E-state index in [-0.39, 0.29) is 11.6 Å². The first-order chi connectivity index (χ1) is 14.3. The molecule has 0 aromatic heterocycles. The number of hydrogen-bond donors (Lipinski definition) is 0. The molecule has 2 bridgehead atoms. The van der Waals surface area contributed by atoms with Crippen LogP contribution in [0.4, 0.5) is 0 Å². The summed E-state index contributed by atoms with van der Waals surface area (Å²) in [6.45, 7) is 1.02. The van der Waals surface area contributed by atoms with Crippen LogP contribution in [-0.2, 0) is 0 Å². The maximum atomic E-state index is 13.4. The van der Waals surface area contributed by atoms with Crippen molar-refractivity contribution in [1.82, 2.24) is 0 Å². The zero-order valence-corrected chi connectivity index (χ0v) is 18.4. The van der Waals surface area contributed by atoms with Gasteiger partial charge in [-0.2, -0.15) is 35.3 Å². The Kier molecular flexibility index (Phi) is 7.11. The van der Waals surface area contributed by atoms with E-state index in [2.05, 4.69) is 0 Å². The monoisotopic (exact) mass is 446 g/mol. The molecular formula is C22H22O4S3. The van der Waals surface area contributed by atoms with Crippen LogP contribution in [0.15, 0.2) is 36.4 Å². The summed E-state index contributed by atoms with van der Waals surface area (Å²) in [5, 5.41) is 0. The SMILES string of the molecule is O=C1c2cccc3c2C(=O)c2c(cccc21)OCCSCCSCCSCCO3. The van der Waals surface area contributed by atoms with Crippen LogP contribution in [-0.4, -0.2) is 59.3 Å². The van der Waals surface area contributed by atoms with E-state index < -0.39 is 0 Å². The van der Waals surface area contributed by atoms with Crippen LogP contribution in [0.2, 0.25) is 0 Å². The summed E-state index contributed by atoms with van der Waals surface area (Å²) in [7, 11) is 0. The van der Waals surface area contributed by atoms with Crippen LogP contribution < -0.4 is 9.47 Å². The van der Waals surface area contributed by atoms with Crippen LogP contribution in [0.3, 0.4) is 0 Å². The summed E-state index contributed by atoms with van der Waals surface area (Å²) in [6, 6.07) is 10.5. The Labute approximate surface area is 183 Å². The third-order valence-corrected chi connectivity index (χ3v) is 8.11. The quantitative estimate of drug-likeness (QED) is 0.506. The number of thioether (sulfide) groups is 3. The van der Waals surface area contributed by atoms with Gasteiger partial charge in [-0.25, -0.2) is 0 Å². The number of hydrogen-bond acceptors (Lipinski definition) is 7. The number of rotatable bonds is 0. The van der Waals surface area contributed by atoms with Crippen LogP contribution in [0.25, 0.3) is 0 Å². The lowest BCUT2D eigenvalue weighted by atomic mass is 9.83. The van der Waals surface area contributed by atoms with Crippen molar-refractivity contribution >= 4 is 46.9 Å². The van der Waals surface area contributed by atoms with Gasteiger partial charge in [-0.3, -0.25) is 9.59 Å². The van der Waals surface area contributed by atoms with Crippen LogP contribution in [0.5, 0.6) is 11.5 Å². The maximum Gasteiger partial charge on any atom is 0.201 e. The van der Waals surface area contributed by atoms with E-state index in [1.807, 2.05) is 35.3 Å². The fourth-order valence-corrected chi connectivity index (χ4v) is 6.28. The Morgan fingerprint density at radius 2 is 1.03 bits per heavy atom. The third kappa shape index (κ3) is 4.62. The molecule has 1 aliphatic heterocycles. The van der Waals surface area contributed by atoms with Crippen molar-refractivity contribution in [3.63, 3.8) is 0 Å². The third-order valence-electron chi connectivity index (χ3n) is 4.71. The van der Waals surface area contributed by atoms with E-state index in [9.17, 15) is 9.59 Å². The van der Waals surface area contributed by atoms with Crippen molar-refractivity contribution in [2.45, 2.75) is 0 Å². The predicted molar refractivity (Wildman–Crippen MR) is 123 cm³/mol. The Bertz CT molecular complexity index is 843. The molecule has 0 amide bonds. The molecule has 29 heavy (non-hydrogen) atoms. The Morgan fingerprint density at radius 1 is 0.586 bits per heavy atom. The van der Waals surface area contributed by atoms with Gasteiger partial charge < -0.3 is 9.47 Å². The van der Waals surface area contributed by atoms with E-state index in [1.54, 1.807) is 36.4 Å². The van der Waals surface area contributed by atoms with Crippen LogP contribution in [0, 0.1) is 0 Å². The molecule has 2 aromatic carbocycles. The lowest BCUT2D eigenvalue weighted by Gasteiger charge is -2.22. The molecule has 1 heterocycles. The van der Waals surface area contributed by atoms with Crippen molar-refractivity contribution in [2.75, 3.05) is 47.7 Å². The van der Waals surface area contributed by atoms with Gasteiger partial charge in [0.15, 0.2) is 5.78 Å². The fraction of sp³-hybridized carbons (Fsp3) is 0.364. The van der Waals surface area contributed by atoms with Crippen molar-refractivity contribution in [3.05, 3.63) is 58.7 Å². The van der Waals surface area contributed by atoms with Crippen molar-refractivity contribution in [2.24, 2.45) is 0 Å². The van der Waals surface area contributed by atoms with Crippen molar-refractivity contribution in [1.29, 1.82) is 0 Å². The molecule has 0 unspecified atom stereocenters. The summed E-state index contributed by atoms with van der Waals surface area (Å²) in [4.78, 5) is 26.5. The zero-order valence-electron chi connectivity index (χ0n) is 16.0. The van der Waals surface area contributed by atoms with Gasteiger partial charge >= 0.3 is 0 Å². The lowest BCUT2D eigenvalue weighted by molar-refractivity contribution is 0.0972. The first kappa shape index (κ1) is 20.7. The highest BCUT2D eigenvalue weighted by Crippen LogP contribution is 2.37. The van der Waals surface area contributed by atoms with E-state index in [0.717, 1.165) is 34.5 Å². The van der Waals surface area contributed by atoms with Crippen molar-refractivity contribution in [3.8, 4) is 11.5 Å². The fourth-order valence-electron chi connectivity index (χ4n) is 3.38. The molecule has 1 aliphatic carbocycles. The van der Waals surface area contributed by atoms with Crippen LogP contribution in [0.1, 0.15) is 31.8 Å². The molecule has 4 rings (SSSR count). The molecule has 0 atom stereocenters. The molecule has 0 radical (unpaired) electrons. The minimum Gasteiger partial charge on any atom is -0.492 e. The Hall–Kier alpha value is -1.57. The van der Waals surface area contributed by atoms with E-state index in [1.165, 1.54) is 0 Å². The average molecular weight is 447 g/mol. The maximum absolute atomic E-state index is 13.4. The Morgan fingerprint density at radius 3 is 1.52 bits per heavy atom. The highest BCUT2D eigenvalue weighted by atomic mass is 32.2. The molecule has 0 saturated carbocycles. The summed E-state index contributed by atoms with van der Waals surface area (Å²) < 4.78 is 11.9. The number of benzene rings is 2. The minimum atomic E-state index is -0.196. The molecule has 2 aliphatic rings. The summed E-state index contributed by atoms with van der Waals surface area (Å²) in [5.74, 6) is 6.75. The second-order valence-corrected chi connectivity index (χ2v) is 10.2. The van der Waals surface area contributed by atoms with Gasteiger partial charge in [0.25, 0.3) is 0 Å². The first-order valence-electron chi connectivity index (χ1n) is 9.61. The normalized spacial score (nSPS) is 18.2. The molecule has 0 spiro atoms. The summed E-state index contributed by atoms with van der Waals surface area (Å²) in [6.07, 6.45) is 0. The summed E-state index contributed by atoms with van der Waals surface area (Å²) in [5.41, 5.74) is 1.53. The smallest absolute Gasteiger partial charge is 0.201 e. The molecule has 4 nitrogen and oxygen atoms in total. The van der Waals surface area contributed by atoms with Gasteiger partial charge in [0, 0.05) is 45.6 Å². The highest BCUT2D eigenvalue weighted by Gasteiger charge is 2.34. The predicted octanol–water partition coefficient (Wildman–Crippen LogP) is 4.43. The average Bonchev–Trinajstić information content (AvgIpc) is 2.74. The molecule has 0 fully saturated rings. The molecule has 2 aromatic rings. The highest BCUT2D eigenvalue weighted by molar-refractivity contribution is 8.04. The van der Waals surface area contributed by atoms with Gasteiger partial charge in [0.05, 0.1) is 24.3 Å². The first-order valence-corrected chi connectivity index (χ1v) is 13.1. The standard InChI is InChI=1S/C22H22O4S3/c23-21-15-3-1-5-17-19(15)22(24)20-16(21)4-2-6-18(20)26-8-10-28-12-14-29-13-11-27-9-7-25-17/h1-6H,7-14H2. The van der Waals surface area contributed by atoms with Gasteiger partial charge in [-0.1, -0.05) is 24.3 Å². The number of ether oxygens (including phenoxy) is 2. The number of carbonyl (C=O) groups excluding carboxylic acids is 2. The topological polar surface area (TPSA) is 52.6 Å². The van der Waals surface area contributed by atoms with Crippen LogP contribution >= 0.6 is 35.3 Å². The van der Waals surface area contributed by atoms with Crippen molar-refractivity contribution < 1.29 is 19.1 Å². The molecule has 152 valence electrons. The van der Waals surface area contributed by atoms with Gasteiger partial charge in [0.2, 0.25) is 5.78 Å². The lowest BCUT2D eigenvalue weighted by Crippen LogP contribution is -2.23. The number of ketones is 2. The second kappa shape index (κ2) is 9.96. The second-order valence-electron chi connectivity index (χ2n) is 6.55. The minimum absolute atomic E-state index is 0.152. The molecule has 0 saturated heterocycles. The number of carbonyl (C=O) groups is 2. The van der Waals surface area contributed by atoms with E-state index in [4.69, 9.17) is 9.47 Å². The van der Waals surface area contributed by atoms with E-state index >= 15 is 0 Å². The zero-order chi connectivity index (χ0) is 20.1. The van der Waals surface area contributed by atoms with E-state index in [0.29, 0.717) is 47.0 Å². The Balaban J connectivity index is 1.67. The molecular weight excluding hydrogens is 424 g/mol. The molecule has 0 N–H and O–H groups in total. The summed E-state index contributed by atoms with van der Waals surface area (Å²) >= 11 is 5.68. The van der Waals surface area contributed by atoms with Gasteiger partial charge in [0.1, 0.15) is 11.5 Å². The van der Waals surface area contributed by atoms with Gasteiger partial charge in [-0.15, -0.1) is 0 Å². The largest absolute Gasteiger partial charge is 0.492 e.